The van der Waals surface area contributed by atoms with E-state index in [1.54, 1.807) is 6.07 Å². The zero-order valence-electron chi connectivity index (χ0n) is 11.0. The van der Waals surface area contributed by atoms with Gasteiger partial charge in [0.2, 0.25) is 0 Å². The van der Waals surface area contributed by atoms with Gasteiger partial charge in [-0.1, -0.05) is 29.3 Å². The predicted molar refractivity (Wildman–Crippen MR) is 78.3 cm³/mol. The first kappa shape index (κ1) is 14.9. The molecular weight excluding hydrogens is 285 g/mol. The fourth-order valence-corrected chi connectivity index (χ4v) is 2.57. The Morgan fingerprint density at radius 1 is 1.42 bits per heavy atom. The second-order valence-electron chi connectivity index (χ2n) is 4.62. The van der Waals surface area contributed by atoms with Crippen LogP contribution in [0.25, 0.3) is 0 Å². The number of hydrogen-bond acceptors (Lipinski definition) is 3. The zero-order chi connectivity index (χ0) is 13.7. The summed E-state index contributed by atoms with van der Waals surface area (Å²) in [5.41, 5.74) is 0. The Labute approximate surface area is 124 Å². The lowest BCUT2D eigenvalue weighted by Crippen LogP contribution is -2.33. The fourth-order valence-electron chi connectivity index (χ4n) is 2.23. The number of rotatable bonds is 6. The van der Waals surface area contributed by atoms with E-state index in [2.05, 4.69) is 5.32 Å². The van der Waals surface area contributed by atoms with Gasteiger partial charge in [0, 0.05) is 19.1 Å². The highest BCUT2D eigenvalue weighted by molar-refractivity contribution is 6.42. The Kier molecular flexibility index (Phi) is 5.76. The SMILES string of the molecule is CCOC[C@@H](Oc1cccc(Cl)c1Cl)[C@H]1CCNC1. The van der Waals surface area contributed by atoms with Gasteiger partial charge in [0.15, 0.2) is 0 Å². The van der Waals surface area contributed by atoms with Crippen molar-refractivity contribution in [2.75, 3.05) is 26.3 Å². The molecule has 0 aliphatic carbocycles. The van der Waals surface area contributed by atoms with Crippen molar-refractivity contribution < 1.29 is 9.47 Å². The summed E-state index contributed by atoms with van der Waals surface area (Å²) in [6.07, 6.45) is 1.10. The number of benzene rings is 1. The standard InChI is InChI=1S/C14H19Cl2NO2/c1-2-18-9-13(10-6-7-17-8-10)19-12-5-3-4-11(15)14(12)16/h3-5,10,13,17H,2,6-9H2,1H3/t10-,13+/m0/s1. The van der Waals surface area contributed by atoms with Crippen molar-refractivity contribution >= 4 is 23.2 Å². The van der Waals surface area contributed by atoms with Crippen LogP contribution < -0.4 is 10.1 Å². The molecule has 2 rings (SSSR count). The maximum absolute atomic E-state index is 6.16. The molecule has 1 aromatic rings. The van der Waals surface area contributed by atoms with E-state index >= 15 is 0 Å². The lowest BCUT2D eigenvalue weighted by atomic mass is 10.0. The lowest BCUT2D eigenvalue weighted by Gasteiger charge is -2.24. The van der Waals surface area contributed by atoms with Crippen LogP contribution in [0.5, 0.6) is 5.75 Å². The monoisotopic (exact) mass is 303 g/mol. The van der Waals surface area contributed by atoms with Gasteiger partial charge in [-0.2, -0.15) is 0 Å². The lowest BCUT2D eigenvalue weighted by molar-refractivity contribution is 0.0292. The second-order valence-corrected chi connectivity index (χ2v) is 5.41. The van der Waals surface area contributed by atoms with E-state index in [0.717, 1.165) is 19.5 Å². The second kappa shape index (κ2) is 7.34. The van der Waals surface area contributed by atoms with Gasteiger partial charge in [-0.25, -0.2) is 0 Å². The molecule has 2 atom stereocenters. The van der Waals surface area contributed by atoms with Gasteiger partial charge < -0.3 is 14.8 Å². The molecule has 19 heavy (non-hydrogen) atoms. The van der Waals surface area contributed by atoms with Crippen LogP contribution in [0, 0.1) is 5.92 Å². The van der Waals surface area contributed by atoms with Crippen LogP contribution >= 0.6 is 23.2 Å². The average molecular weight is 304 g/mol. The molecule has 1 aliphatic heterocycles. The third-order valence-corrected chi connectivity index (χ3v) is 4.11. The van der Waals surface area contributed by atoms with Crippen LogP contribution in [0.15, 0.2) is 18.2 Å². The Balaban J connectivity index is 2.07. The summed E-state index contributed by atoms with van der Waals surface area (Å²) in [7, 11) is 0. The van der Waals surface area contributed by atoms with Crippen LogP contribution in [0.4, 0.5) is 0 Å². The van der Waals surface area contributed by atoms with E-state index in [-0.39, 0.29) is 6.10 Å². The Bertz CT molecular complexity index is 408. The molecule has 3 nitrogen and oxygen atoms in total. The minimum Gasteiger partial charge on any atom is -0.486 e. The van der Waals surface area contributed by atoms with E-state index in [4.69, 9.17) is 32.7 Å². The Hall–Kier alpha value is -0.480. The van der Waals surface area contributed by atoms with Crippen LogP contribution in [-0.4, -0.2) is 32.4 Å². The van der Waals surface area contributed by atoms with Crippen molar-refractivity contribution in [1.29, 1.82) is 0 Å². The number of ether oxygens (including phenoxy) is 2. The smallest absolute Gasteiger partial charge is 0.139 e. The molecule has 1 fully saturated rings. The summed E-state index contributed by atoms with van der Waals surface area (Å²) in [5.74, 6) is 1.08. The van der Waals surface area contributed by atoms with Crippen molar-refractivity contribution in [2.45, 2.75) is 19.4 Å². The molecule has 0 bridgehead atoms. The van der Waals surface area contributed by atoms with Gasteiger partial charge in [-0.15, -0.1) is 0 Å². The molecule has 0 aromatic heterocycles. The van der Waals surface area contributed by atoms with E-state index in [1.807, 2.05) is 19.1 Å². The molecule has 0 unspecified atom stereocenters. The highest BCUT2D eigenvalue weighted by atomic mass is 35.5. The van der Waals surface area contributed by atoms with Gasteiger partial charge in [0.05, 0.1) is 11.6 Å². The largest absolute Gasteiger partial charge is 0.486 e. The van der Waals surface area contributed by atoms with Crippen LogP contribution in [0.2, 0.25) is 10.0 Å². The maximum Gasteiger partial charge on any atom is 0.139 e. The summed E-state index contributed by atoms with van der Waals surface area (Å²) < 4.78 is 11.6. The predicted octanol–water partition coefficient (Wildman–Crippen LogP) is 3.39. The van der Waals surface area contributed by atoms with Gasteiger partial charge in [0.1, 0.15) is 16.9 Å². The molecule has 0 spiro atoms. The van der Waals surface area contributed by atoms with Crippen molar-refractivity contribution in [3.8, 4) is 5.75 Å². The highest BCUT2D eigenvalue weighted by Crippen LogP contribution is 2.33. The zero-order valence-corrected chi connectivity index (χ0v) is 12.5. The number of hydrogen-bond donors (Lipinski definition) is 1. The van der Waals surface area contributed by atoms with Crippen LogP contribution in [0.3, 0.4) is 0 Å². The third kappa shape index (κ3) is 3.99. The maximum atomic E-state index is 6.16. The first-order valence-electron chi connectivity index (χ1n) is 6.61. The van der Waals surface area contributed by atoms with E-state index in [1.165, 1.54) is 0 Å². The summed E-state index contributed by atoms with van der Waals surface area (Å²) in [6, 6.07) is 5.44. The number of halogens is 2. The van der Waals surface area contributed by atoms with Crippen molar-refractivity contribution in [3.05, 3.63) is 28.2 Å². The van der Waals surface area contributed by atoms with Gasteiger partial charge >= 0.3 is 0 Å². The quantitative estimate of drug-likeness (QED) is 0.874. The molecule has 1 N–H and O–H groups in total. The first-order chi connectivity index (χ1) is 9.22. The molecule has 1 saturated heterocycles. The first-order valence-corrected chi connectivity index (χ1v) is 7.37. The van der Waals surface area contributed by atoms with Crippen LogP contribution in [0.1, 0.15) is 13.3 Å². The van der Waals surface area contributed by atoms with Crippen molar-refractivity contribution in [1.82, 2.24) is 5.32 Å². The summed E-state index contributed by atoms with van der Waals surface area (Å²) in [6.45, 7) is 5.22. The van der Waals surface area contributed by atoms with E-state index < -0.39 is 0 Å². The van der Waals surface area contributed by atoms with E-state index in [9.17, 15) is 0 Å². The summed E-state index contributed by atoms with van der Waals surface area (Å²) in [4.78, 5) is 0. The highest BCUT2D eigenvalue weighted by Gasteiger charge is 2.27. The molecule has 0 amide bonds. The van der Waals surface area contributed by atoms with Gasteiger partial charge in [-0.3, -0.25) is 0 Å². The number of nitrogens with one attached hydrogen (secondary N) is 1. The van der Waals surface area contributed by atoms with Gasteiger partial charge in [0.25, 0.3) is 0 Å². The molecule has 106 valence electrons. The molecule has 5 heteroatoms. The summed E-state index contributed by atoms with van der Waals surface area (Å²) in [5, 5.41) is 4.33. The van der Waals surface area contributed by atoms with Crippen molar-refractivity contribution in [2.24, 2.45) is 5.92 Å². The normalized spacial score (nSPS) is 20.5. The average Bonchev–Trinajstić information content (AvgIpc) is 2.93. The summed E-state index contributed by atoms with van der Waals surface area (Å²) >= 11 is 12.2. The molecule has 1 heterocycles. The Morgan fingerprint density at radius 3 is 2.95 bits per heavy atom. The fraction of sp³-hybridized carbons (Fsp3) is 0.571. The minimum absolute atomic E-state index is 0.00548. The minimum atomic E-state index is 0.00548. The molecule has 1 aliphatic rings. The topological polar surface area (TPSA) is 30.5 Å². The van der Waals surface area contributed by atoms with E-state index in [0.29, 0.717) is 34.9 Å². The molecule has 1 aromatic carbocycles. The molecule has 0 radical (unpaired) electrons. The molecular formula is C14H19Cl2NO2. The Morgan fingerprint density at radius 2 is 2.26 bits per heavy atom. The molecule has 0 saturated carbocycles. The van der Waals surface area contributed by atoms with Gasteiger partial charge in [-0.05, 0) is 32.0 Å². The van der Waals surface area contributed by atoms with Crippen molar-refractivity contribution in [3.63, 3.8) is 0 Å². The third-order valence-electron chi connectivity index (χ3n) is 3.30. The van der Waals surface area contributed by atoms with Crippen LogP contribution in [-0.2, 0) is 4.74 Å².